The van der Waals surface area contributed by atoms with Crippen LogP contribution in [0, 0.1) is 17.8 Å². The van der Waals surface area contributed by atoms with Crippen LogP contribution in [0.4, 0.5) is 0 Å². The molecule has 110 valence electrons. The first kappa shape index (κ1) is 13.9. The average molecular weight is 264 g/mol. The van der Waals surface area contributed by atoms with Gasteiger partial charge in [0.25, 0.3) is 0 Å². The molecule has 2 heteroatoms. The lowest BCUT2D eigenvalue weighted by atomic mass is 9.82. The minimum absolute atomic E-state index is 0.859. The monoisotopic (exact) mass is 264 g/mol. The van der Waals surface area contributed by atoms with Gasteiger partial charge in [-0.3, -0.25) is 0 Å². The van der Waals surface area contributed by atoms with Gasteiger partial charge in [-0.15, -0.1) is 0 Å². The van der Waals surface area contributed by atoms with Crippen LogP contribution in [0.25, 0.3) is 0 Å². The van der Waals surface area contributed by atoms with Gasteiger partial charge in [0, 0.05) is 12.6 Å². The Morgan fingerprint density at radius 1 is 0.947 bits per heavy atom. The topological polar surface area (TPSA) is 15.3 Å². The molecular weight excluding hydrogens is 232 g/mol. The fraction of sp³-hybridized carbons (Fsp3) is 1.00. The molecule has 2 aliphatic heterocycles. The predicted molar refractivity (Wildman–Crippen MR) is 81.3 cm³/mol. The van der Waals surface area contributed by atoms with Crippen molar-refractivity contribution in [3.8, 4) is 0 Å². The molecule has 2 nitrogen and oxygen atoms in total. The van der Waals surface area contributed by atoms with E-state index in [1.54, 1.807) is 0 Å². The van der Waals surface area contributed by atoms with E-state index in [9.17, 15) is 0 Å². The van der Waals surface area contributed by atoms with Crippen LogP contribution in [0.2, 0.25) is 0 Å². The van der Waals surface area contributed by atoms with Crippen LogP contribution in [0.15, 0.2) is 0 Å². The first-order valence-corrected chi connectivity index (χ1v) is 8.77. The van der Waals surface area contributed by atoms with Crippen molar-refractivity contribution in [3.63, 3.8) is 0 Å². The highest BCUT2D eigenvalue weighted by Gasteiger charge is 2.29. The van der Waals surface area contributed by atoms with Crippen molar-refractivity contribution < 1.29 is 0 Å². The molecule has 1 atom stereocenters. The summed E-state index contributed by atoms with van der Waals surface area (Å²) in [5.41, 5.74) is 0. The molecule has 0 radical (unpaired) electrons. The fourth-order valence-electron chi connectivity index (χ4n) is 4.53. The maximum atomic E-state index is 3.71. The van der Waals surface area contributed by atoms with E-state index in [0.717, 1.165) is 23.8 Å². The Morgan fingerprint density at radius 2 is 1.68 bits per heavy atom. The highest BCUT2D eigenvalue weighted by molar-refractivity contribution is 4.86. The molecule has 3 aliphatic rings. The summed E-state index contributed by atoms with van der Waals surface area (Å²) in [6.45, 7) is 7.84. The lowest BCUT2D eigenvalue weighted by Gasteiger charge is -2.38. The van der Waals surface area contributed by atoms with Crippen LogP contribution in [0.1, 0.15) is 58.3 Å². The second-order valence-corrected chi connectivity index (χ2v) is 7.47. The van der Waals surface area contributed by atoms with Gasteiger partial charge in [0.1, 0.15) is 0 Å². The normalized spacial score (nSPS) is 38.7. The molecule has 1 saturated carbocycles. The van der Waals surface area contributed by atoms with E-state index < -0.39 is 0 Å². The van der Waals surface area contributed by atoms with Crippen LogP contribution in [0.5, 0.6) is 0 Å². The van der Waals surface area contributed by atoms with Crippen LogP contribution in [-0.2, 0) is 0 Å². The van der Waals surface area contributed by atoms with Crippen molar-refractivity contribution in [1.82, 2.24) is 10.2 Å². The quantitative estimate of drug-likeness (QED) is 0.841. The second kappa shape index (κ2) is 6.58. The second-order valence-electron chi connectivity index (χ2n) is 7.47. The number of nitrogens with one attached hydrogen (secondary N) is 1. The molecule has 19 heavy (non-hydrogen) atoms. The molecular formula is C17H32N2. The van der Waals surface area contributed by atoms with Gasteiger partial charge in [0.2, 0.25) is 0 Å². The minimum atomic E-state index is 0.859. The summed E-state index contributed by atoms with van der Waals surface area (Å²) >= 11 is 0. The number of nitrogens with zero attached hydrogens (tertiary/aromatic N) is 1. The molecule has 3 fully saturated rings. The molecule has 1 unspecified atom stereocenters. The van der Waals surface area contributed by atoms with Crippen molar-refractivity contribution in [1.29, 1.82) is 0 Å². The highest BCUT2D eigenvalue weighted by Crippen LogP contribution is 2.31. The van der Waals surface area contributed by atoms with E-state index in [0.29, 0.717) is 0 Å². The summed E-state index contributed by atoms with van der Waals surface area (Å²) in [4.78, 5) is 2.77. The maximum Gasteiger partial charge on any atom is 0.00967 e. The molecule has 3 rings (SSSR count). The first-order valence-electron chi connectivity index (χ1n) is 8.77. The Labute approximate surface area is 119 Å². The lowest BCUT2D eigenvalue weighted by molar-refractivity contribution is 0.126. The van der Waals surface area contributed by atoms with Crippen LogP contribution < -0.4 is 5.32 Å². The minimum Gasteiger partial charge on any atom is -0.314 e. The van der Waals surface area contributed by atoms with Crippen molar-refractivity contribution in [2.75, 3.05) is 26.2 Å². The molecule has 2 heterocycles. The van der Waals surface area contributed by atoms with E-state index in [2.05, 4.69) is 17.1 Å². The van der Waals surface area contributed by atoms with Crippen molar-refractivity contribution >= 4 is 0 Å². The van der Waals surface area contributed by atoms with Gasteiger partial charge in [-0.25, -0.2) is 0 Å². The number of piperidine rings is 1. The summed E-state index contributed by atoms with van der Waals surface area (Å²) in [6, 6.07) is 0.859. The summed E-state index contributed by atoms with van der Waals surface area (Å²) in [7, 11) is 0. The molecule has 0 aromatic carbocycles. The third kappa shape index (κ3) is 3.72. The Hall–Kier alpha value is -0.0800. The number of likely N-dealkylation sites (tertiary alicyclic amines) is 1. The molecule has 0 amide bonds. The van der Waals surface area contributed by atoms with Gasteiger partial charge in [0.15, 0.2) is 0 Å². The van der Waals surface area contributed by atoms with Crippen LogP contribution >= 0.6 is 0 Å². The van der Waals surface area contributed by atoms with Crippen molar-refractivity contribution in [2.45, 2.75) is 64.3 Å². The fourth-order valence-corrected chi connectivity index (χ4v) is 4.53. The predicted octanol–water partition coefficient (Wildman–Crippen LogP) is 3.28. The smallest absolute Gasteiger partial charge is 0.00967 e. The van der Waals surface area contributed by atoms with Crippen molar-refractivity contribution in [3.05, 3.63) is 0 Å². The zero-order chi connectivity index (χ0) is 13.1. The van der Waals surface area contributed by atoms with E-state index in [-0.39, 0.29) is 0 Å². The summed E-state index contributed by atoms with van der Waals surface area (Å²) in [6.07, 6.45) is 11.7. The molecule has 1 aliphatic carbocycles. The van der Waals surface area contributed by atoms with E-state index in [1.807, 2.05) is 0 Å². The molecule has 0 spiro atoms. The third-order valence-corrected chi connectivity index (χ3v) is 5.95. The van der Waals surface area contributed by atoms with E-state index in [4.69, 9.17) is 0 Å². The number of hydrogen-bond donors (Lipinski definition) is 1. The lowest BCUT2D eigenvalue weighted by Crippen LogP contribution is -2.42. The van der Waals surface area contributed by atoms with Gasteiger partial charge in [-0.2, -0.15) is 0 Å². The van der Waals surface area contributed by atoms with Crippen LogP contribution in [-0.4, -0.2) is 37.1 Å². The van der Waals surface area contributed by atoms with Crippen molar-refractivity contribution in [2.24, 2.45) is 17.8 Å². The summed E-state index contributed by atoms with van der Waals surface area (Å²) in [5, 5.41) is 3.71. The Balaban J connectivity index is 1.38. The molecule has 1 N–H and O–H groups in total. The zero-order valence-electron chi connectivity index (χ0n) is 12.7. The largest absolute Gasteiger partial charge is 0.314 e. The molecule has 0 aromatic rings. The van der Waals surface area contributed by atoms with Gasteiger partial charge in [0.05, 0.1) is 0 Å². The Kier molecular flexibility index (Phi) is 4.81. The standard InChI is InChI=1S/C17H32N2/c1-14-4-6-15(7-5-14)13-19-11-8-16(9-12-19)17-3-2-10-18-17/h14-18H,2-13H2,1H3. The van der Waals surface area contributed by atoms with E-state index >= 15 is 0 Å². The summed E-state index contributed by atoms with van der Waals surface area (Å²) < 4.78 is 0. The Morgan fingerprint density at radius 3 is 2.32 bits per heavy atom. The van der Waals surface area contributed by atoms with E-state index in [1.165, 1.54) is 77.5 Å². The first-order chi connectivity index (χ1) is 9.31. The van der Waals surface area contributed by atoms with Gasteiger partial charge < -0.3 is 10.2 Å². The zero-order valence-corrected chi connectivity index (χ0v) is 12.7. The Bertz CT molecular complexity index is 256. The molecule has 0 bridgehead atoms. The van der Waals surface area contributed by atoms with Gasteiger partial charge in [-0.1, -0.05) is 19.8 Å². The van der Waals surface area contributed by atoms with Gasteiger partial charge >= 0.3 is 0 Å². The molecule has 0 aromatic heterocycles. The maximum absolute atomic E-state index is 3.71. The third-order valence-electron chi connectivity index (χ3n) is 5.95. The van der Waals surface area contributed by atoms with Gasteiger partial charge in [-0.05, 0) is 75.9 Å². The SMILES string of the molecule is CC1CCC(CN2CCC(C3CCCN3)CC2)CC1. The summed E-state index contributed by atoms with van der Waals surface area (Å²) in [5.74, 6) is 2.98. The highest BCUT2D eigenvalue weighted by atomic mass is 15.1. The van der Waals surface area contributed by atoms with Crippen LogP contribution in [0.3, 0.4) is 0 Å². The number of rotatable bonds is 3. The average Bonchev–Trinajstić information content (AvgIpc) is 2.96. The molecule has 2 saturated heterocycles. The number of hydrogen-bond acceptors (Lipinski definition) is 2.